The maximum Gasteiger partial charge on any atom is 0.236 e. The van der Waals surface area contributed by atoms with Gasteiger partial charge in [0.1, 0.15) is 0 Å². The Morgan fingerprint density at radius 2 is 1.94 bits per heavy atom. The van der Waals surface area contributed by atoms with Gasteiger partial charge in [-0.25, -0.2) is 0 Å². The van der Waals surface area contributed by atoms with Gasteiger partial charge in [-0.15, -0.1) is 0 Å². The minimum absolute atomic E-state index is 0.227. The van der Waals surface area contributed by atoms with E-state index in [9.17, 15) is 4.79 Å². The molecule has 4 nitrogen and oxygen atoms in total. The van der Waals surface area contributed by atoms with E-state index in [1.807, 2.05) is 11.9 Å². The third-order valence-corrected chi connectivity index (χ3v) is 3.81. The summed E-state index contributed by atoms with van der Waals surface area (Å²) >= 11 is 0. The molecule has 4 heteroatoms. The predicted molar refractivity (Wildman–Crippen MR) is 66.8 cm³/mol. The fourth-order valence-electron chi connectivity index (χ4n) is 2.55. The normalized spacial score (nSPS) is 19.7. The first-order chi connectivity index (χ1) is 8.24. The molecule has 2 aliphatic rings. The summed E-state index contributed by atoms with van der Waals surface area (Å²) in [6, 6.07) is 0.520. The SMILES string of the molecule is COCCNCC(=O)N(C)C(C1CC1)C1CC1. The van der Waals surface area contributed by atoms with E-state index in [4.69, 9.17) is 4.74 Å². The molecule has 0 aromatic rings. The molecule has 0 aromatic carbocycles. The first-order valence-electron chi connectivity index (χ1n) is 6.69. The van der Waals surface area contributed by atoms with E-state index in [-0.39, 0.29) is 5.91 Å². The smallest absolute Gasteiger partial charge is 0.236 e. The van der Waals surface area contributed by atoms with Gasteiger partial charge in [-0.3, -0.25) is 4.79 Å². The summed E-state index contributed by atoms with van der Waals surface area (Å²) in [5.74, 6) is 1.80. The van der Waals surface area contributed by atoms with E-state index >= 15 is 0 Å². The lowest BCUT2D eigenvalue weighted by Gasteiger charge is -2.28. The van der Waals surface area contributed by atoms with Crippen LogP contribution in [0.3, 0.4) is 0 Å². The molecule has 2 rings (SSSR count). The number of likely N-dealkylation sites (N-methyl/N-ethyl adjacent to an activating group) is 1. The van der Waals surface area contributed by atoms with Crippen molar-refractivity contribution in [1.29, 1.82) is 0 Å². The van der Waals surface area contributed by atoms with Gasteiger partial charge in [-0.05, 0) is 37.5 Å². The van der Waals surface area contributed by atoms with Crippen LogP contribution in [-0.4, -0.2) is 50.7 Å². The molecule has 17 heavy (non-hydrogen) atoms. The van der Waals surface area contributed by atoms with E-state index in [0.717, 1.165) is 18.4 Å². The lowest BCUT2D eigenvalue weighted by atomic mass is 10.1. The van der Waals surface area contributed by atoms with Crippen LogP contribution >= 0.6 is 0 Å². The zero-order chi connectivity index (χ0) is 12.3. The largest absolute Gasteiger partial charge is 0.383 e. The van der Waals surface area contributed by atoms with E-state index in [1.165, 1.54) is 25.7 Å². The molecule has 0 aliphatic heterocycles. The first-order valence-corrected chi connectivity index (χ1v) is 6.69. The molecule has 98 valence electrons. The Morgan fingerprint density at radius 3 is 2.41 bits per heavy atom. The number of amides is 1. The number of carbonyl (C=O) groups excluding carboxylic acids is 1. The second-order valence-electron chi connectivity index (χ2n) is 5.34. The highest BCUT2D eigenvalue weighted by Crippen LogP contribution is 2.46. The molecular formula is C13H24N2O2. The molecule has 1 amide bonds. The van der Waals surface area contributed by atoms with Crippen LogP contribution in [-0.2, 0) is 9.53 Å². The number of hydrogen-bond acceptors (Lipinski definition) is 3. The van der Waals surface area contributed by atoms with Crippen molar-refractivity contribution in [2.24, 2.45) is 11.8 Å². The summed E-state index contributed by atoms with van der Waals surface area (Å²) in [7, 11) is 3.65. The van der Waals surface area contributed by atoms with Gasteiger partial charge in [-0.1, -0.05) is 0 Å². The second-order valence-corrected chi connectivity index (χ2v) is 5.34. The molecule has 2 saturated carbocycles. The average Bonchev–Trinajstić information content (AvgIpc) is 3.16. The van der Waals surface area contributed by atoms with E-state index in [0.29, 0.717) is 19.2 Å². The Bertz CT molecular complexity index is 250. The predicted octanol–water partition coefficient (Wildman–Crippen LogP) is 0.869. The van der Waals surface area contributed by atoms with Crippen LogP contribution in [0.25, 0.3) is 0 Å². The van der Waals surface area contributed by atoms with Crippen LogP contribution in [0.1, 0.15) is 25.7 Å². The molecule has 2 fully saturated rings. The molecule has 0 atom stereocenters. The summed E-state index contributed by atoms with van der Waals surface area (Å²) in [4.78, 5) is 14.0. The topological polar surface area (TPSA) is 41.6 Å². The molecule has 0 unspecified atom stereocenters. The number of hydrogen-bond donors (Lipinski definition) is 1. The van der Waals surface area contributed by atoms with Gasteiger partial charge in [0.25, 0.3) is 0 Å². The number of nitrogens with one attached hydrogen (secondary N) is 1. The van der Waals surface area contributed by atoms with Crippen molar-refractivity contribution < 1.29 is 9.53 Å². The molecule has 0 aromatic heterocycles. The highest BCUT2D eigenvalue weighted by molar-refractivity contribution is 5.78. The zero-order valence-electron chi connectivity index (χ0n) is 10.9. The van der Waals surface area contributed by atoms with E-state index in [2.05, 4.69) is 5.32 Å². The number of methoxy groups -OCH3 is 1. The molecule has 0 radical (unpaired) electrons. The van der Waals surface area contributed by atoms with Gasteiger partial charge in [0, 0.05) is 26.7 Å². The maximum atomic E-state index is 12.0. The van der Waals surface area contributed by atoms with Gasteiger partial charge in [-0.2, -0.15) is 0 Å². The minimum atomic E-state index is 0.227. The third-order valence-electron chi connectivity index (χ3n) is 3.81. The quantitative estimate of drug-likeness (QED) is 0.640. The molecule has 0 spiro atoms. The average molecular weight is 240 g/mol. The minimum Gasteiger partial charge on any atom is -0.383 e. The Hall–Kier alpha value is -0.610. The molecule has 2 aliphatic carbocycles. The van der Waals surface area contributed by atoms with Crippen molar-refractivity contribution in [2.75, 3.05) is 33.9 Å². The van der Waals surface area contributed by atoms with Crippen LogP contribution in [0, 0.1) is 11.8 Å². The third kappa shape index (κ3) is 3.68. The maximum absolute atomic E-state index is 12.0. The molecule has 0 heterocycles. The fraction of sp³-hybridized carbons (Fsp3) is 0.923. The lowest BCUT2D eigenvalue weighted by Crippen LogP contribution is -2.44. The van der Waals surface area contributed by atoms with Crippen molar-refractivity contribution >= 4 is 5.91 Å². The van der Waals surface area contributed by atoms with E-state index < -0.39 is 0 Å². The highest BCUT2D eigenvalue weighted by atomic mass is 16.5. The second kappa shape index (κ2) is 5.83. The summed E-state index contributed by atoms with van der Waals surface area (Å²) < 4.78 is 4.94. The van der Waals surface area contributed by atoms with Crippen LogP contribution < -0.4 is 5.32 Å². The molecular weight excluding hydrogens is 216 g/mol. The molecule has 0 bridgehead atoms. The summed E-state index contributed by atoms with van der Waals surface area (Å²) in [5.41, 5.74) is 0. The fourth-order valence-corrected chi connectivity index (χ4v) is 2.55. The van der Waals surface area contributed by atoms with E-state index in [1.54, 1.807) is 7.11 Å². The van der Waals surface area contributed by atoms with Gasteiger partial charge in [0.2, 0.25) is 5.91 Å². The molecule has 0 saturated heterocycles. The summed E-state index contributed by atoms with van der Waals surface area (Å²) in [6.45, 7) is 1.84. The number of ether oxygens (including phenoxy) is 1. The monoisotopic (exact) mass is 240 g/mol. The van der Waals surface area contributed by atoms with Crippen molar-refractivity contribution in [3.63, 3.8) is 0 Å². The Kier molecular flexibility index (Phi) is 4.40. The summed E-state index contributed by atoms with van der Waals surface area (Å²) in [5, 5.41) is 3.12. The van der Waals surface area contributed by atoms with Crippen molar-refractivity contribution in [3.8, 4) is 0 Å². The van der Waals surface area contributed by atoms with Crippen molar-refractivity contribution in [2.45, 2.75) is 31.7 Å². The highest BCUT2D eigenvalue weighted by Gasteiger charge is 2.44. The number of rotatable bonds is 8. The zero-order valence-corrected chi connectivity index (χ0v) is 10.9. The van der Waals surface area contributed by atoms with Gasteiger partial charge < -0.3 is 15.0 Å². The van der Waals surface area contributed by atoms with Crippen molar-refractivity contribution in [1.82, 2.24) is 10.2 Å². The number of nitrogens with zero attached hydrogens (tertiary/aromatic N) is 1. The van der Waals surface area contributed by atoms with Crippen LogP contribution in [0.4, 0.5) is 0 Å². The van der Waals surface area contributed by atoms with Gasteiger partial charge in [0.05, 0.1) is 13.2 Å². The van der Waals surface area contributed by atoms with Crippen LogP contribution in [0.5, 0.6) is 0 Å². The van der Waals surface area contributed by atoms with Gasteiger partial charge in [0.15, 0.2) is 0 Å². The Labute approximate surface area is 104 Å². The van der Waals surface area contributed by atoms with Crippen LogP contribution in [0.2, 0.25) is 0 Å². The Balaban J connectivity index is 1.72. The van der Waals surface area contributed by atoms with Crippen molar-refractivity contribution in [3.05, 3.63) is 0 Å². The first kappa shape index (κ1) is 12.8. The standard InChI is InChI=1S/C13H24N2O2/c1-15(12(16)9-14-7-8-17-2)13(10-3-4-10)11-5-6-11/h10-11,13-14H,3-9H2,1-2H3. The number of carbonyl (C=O) groups is 1. The summed E-state index contributed by atoms with van der Waals surface area (Å²) in [6.07, 6.45) is 5.26. The van der Waals surface area contributed by atoms with Gasteiger partial charge >= 0.3 is 0 Å². The molecule has 1 N–H and O–H groups in total. The Morgan fingerprint density at radius 1 is 1.35 bits per heavy atom. The van der Waals surface area contributed by atoms with Crippen LogP contribution in [0.15, 0.2) is 0 Å². The lowest BCUT2D eigenvalue weighted by molar-refractivity contribution is -0.131.